The molecular weight excluding hydrogens is 220 g/mol. The van der Waals surface area contributed by atoms with Crippen LogP contribution in [0.3, 0.4) is 0 Å². The zero-order valence-electron chi connectivity index (χ0n) is 11.0. The van der Waals surface area contributed by atoms with Gasteiger partial charge in [-0.1, -0.05) is 12.8 Å². The van der Waals surface area contributed by atoms with E-state index in [4.69, 9.17) is 5.11 Å². The highest BCUT2D eigenvalue weighted by atomic mass is 16.4. The number of nitrogens with zero attached hydrogens (tertiary/aromatic N) is 2. The van der Waals surface area contributed by atoms with Crippen molar-refractivity contribution in [3.05, 3.63) is 0 Å². The fourth-order valence-electron chi connectivity index (χ4n) is 2.53. The molecule has 1 rings (SSSR count). The first-order valence-corrected chi connectivity index (χ1v) is 6.29. The van der Waals surface area contributed by atoms with Crippen LogP contribution in [0.1, 0.15) is 39.0 Å². The van der Waals surface area contributed by atoms with E-state index in [1.54, 1.807) is 0 Å². The number of hydrogen-bond acceptors (Lipinski definition) is 4. The predicted molar refractivity (Wildman–Crippen MR) is 65.5 cm³/mol. The van der Waals surface area contributed by atoms with Gasteiger partial charge in [-0.2, -0.15) is 0 Å². The smallest absolute Gasteiger partial charge is 0.303 e. The fourth-order valence-corrected chi connectivity index (χ4v) is 2.53. The summed E-state index contributed by atoms with van der Waals surface area (Å²) in [7, 11) is 3.86. The molecule has 2 N–H and O–H groups in total. The van der Waals surface area contributed by atoms with Gasteiger partial charge in [0.1, 0.15) is 0 Å². The molecule has 1 fully saturated rings. The van der Waals surface area contributed by atoms with E-state index in [0.29, 0.717) is 12.1 Å². The second kappa shape index (κ2) is 6.33. The van der Waals surface area contributed by atoms with Crippen LogP contribution in [0.5, 0.6) is 0 Å². The molecule has 100 valence electrons. The summed E-state index contributed by atoms with van der Waals surface area (Å²) in [5, 5.41) is 18.4. The van der Waals surface area contributed by atoms with E-state index in [-0.39, 0.29) is 6.42 Å². The highest BCUT2D eigenvalue weighted by molar-refractivity contribution is 5.66. The van der Waals surface area contributed by atoms with Gasteiger partial charge in [-0.15, -0.1) is 0 Å². The van der Waals surface area contributed by atoms with E-state index in [0.717, 1.165) is 25.7 Å². The van der Waals surface area contributed by atoms with Crippen molar-refractivity contribution >= 4 is 5.97 Å². The topological polar surface area (TPSA) is 64.0 Å². The van der Waals surface area contributed by atoms with Gasteiger partial charge in [0.15, 0.2) is 6.35 Å². The molecule has 0 amide bonds. The maximum absolute atomic E-state index is 10.4. The molecule has 1 saturated heterocycles. The average Bonchev–Trinajstić information content (AvgIpc) is 2.45. The molecule has 0 aromatic rings. The molecule has 0 spiro atoms. The maximum Gasteiger partial charge on any atom is 0.303 e. The Morgan fingerprint density at radius 1 is 1.18 bits per heavy atom. The van der Waals surface area contributed by atoms with E-state index in [1.165, 1.54) is 0 Å². The molecule has 0 saturated carbocycles. The van der Waals surface area contributed by atoms with E-state index in [2.05, 4.69) is 6.92 Å². The Morgan fingerprint density at radius 3 is 2.29 bits per heavy atom. The van der Waals surface area contributed by atoms with Gasteiger partial charge in [0.2, 0.25) is 0 Å². The summed E-state index contributed by atoms with van der Waals surface area (Å²) in [5.41, 5.74) is 0. The third-order valence-electron chi connectivity index (χ3n) is 3.84. The quantitative estimate of drug-likeness (QED) is 0.681. The standard InChI is InChI=1S/C12H24N2O3/c1-9-10(14(3)12(17)13(9)2)7-5-4-6-8-11(15)16/h9-10,12,17H,4-8H2,1-3H3,(H,15,16). The Bertz CT molecular complexity index is 246. The lowest BCUT2D eigenvalue weighted by Crippen LogP contribution is -2.36. The van der Waals surface area contributed by atoms with Crippen molar-refractivity contribution in [2.75, 3.05) is 14.1 Å². The Hall–Kier alpha value is -0.650. The number of likely N-dealkylation sites (N-methyl/N-ethyl adjacent to an activating group) is 2. The van der Waals surface area contributed by atoms with Gasteiger partial charge in [-0.05, 0) is 33.9 Å². The Morgan fingerprint density at radius 2 is 1.82 bits per heavy atom. The van der Waals surface area contributed by atoms with Gasteiger partial charge in [0.25, 0.3) is 0 Å². The number of unbranched alkanes of at least 4 members (excludes halogenated alkanes) is 2. The van der Waals surface area contributed by atoms with Gasteiger partial charge in [-0.25, -0.2) is 0 Å². The highest BCUT2D eigenvalue weighted by Gasteiger charge is 2.38. The van der Waals surface area contributed by atoms with Crippen LogP contribution in [-0.2, 0) is 4.79 Å². The number of carboxylic acids is 1. The van der Waals surface area contributed by atoms with Crippen LogP contribution in [0.15, 0.2) is 0 Å². The molecule has 0 aromatic heterocycles. The average molecular weight is 244 g/mol. The number of aliphatic carboxylic acids is 1. The van der Waals surface area contributed by atoms with E-state index >= 15 is 0 Å². The van der Waals surface area contributed by atoms with Crippen molar-refractivity contribution in [1.82, 2.24) is 9.80 Å². The number of rotatable bonds is 6. The predicted octanol–water partition coefficient (Wildman–Crippen LogP) is 0.932. The summed E-state index contributed by atoms with van der Waals surface area (Å²) in [4.78, 5) is 14.3. The number of carboxylic acid groups (broad SMARTS) is 1. The van der Waals surface area contributed by atoms with Gasteiger partial charge < -0.3 is 10.2 Å². The van der Waals surface area contributed by atoms with Gasteiger partial charge in [0.05, 0.1) is 0 Å². The molecule has 17 heavy (non-hydrogen) atoms. The summed E-state index contributed by atoms with van der Waals surface area (Å²) < 4.78 is 0. The second-order valence-corrected chi connectivity index (χ2v) is 4.98. The van der Waals surface area contributed by atoms with Crippen LogP contribution < -0.4 is 0 Å². The van der Waals surface area contributed by atoms with E-state index < -0.39 is 12.3 Å². The minimum atomic E-state index is -0.716. The lowest BCUT2D eigenvalue weighted by Gasteiger charge is -2.22. The number of aliphatic hydroxyl groups excluding tert-OH is 1. The largest absolute Gasteiger partial charge is 0.481 e. The minimum absolute atomic E-state index is 0.262. The maximum atomic E-state index is 10.4. The zero-order chi connectivity index (χ0) is 13.0. The van der Waals surface area contributed by atoms with Crippen molar-refractivity contribution in [1.29, 1.82) is 0 Å². The monoisotopic (exact) mass is 244 g/mol. The molecule has 1 aliphatic rings. The molecule has 5 heteroatoms. The zero-order valence-corrected chi connectivity index (χ0v) is 11.0. The van der Waals surface area contributed by atoms with Crippen LogP contribution in [0.2, 0.25) is 0 Å². The Balaban J connectivity index is 2.25. The minimum Gasteiger partial charge on any atom is -0.481 e. The van der Waals surface area contributed by atoms with Crippen molar-refractivity contribution in [3.8, 4) is 0 Å². The van der Waals surface area contributed by atoms with Gasteiger partial charge >= 0.3 is 5.97 Å². The molecular formula is C12H24N2O3. The molecule has 1 aliphatic heterocycles. The van der Waals surface area contributed by atoms with Crippen molar-refractivity contribution in [2.45, 2.75) is 57.5 Å². The van der Waals surface area contributed by atoms with Crippen LogP contribution in [0.25, 0.3) is 0 Å². The summed E-state index contributed by atoms with van der Waals surface area (Å²) in [6.45, 7) is 2.12. The first-order chi connectivity index (χ1) is 7.95. The summed E-state index contributed by atoms with van der Waals surface area (Å²) in [6.07, 6.45) is 3.50. The lowest BCUT2D eigenvalue weighted by atomic mass is 10.0. The first-order valence-electron chi connectivity index (χ1n) is 6.29. The SMILES string of the molecule is CC1C(CCCCCC(=O)O)N(C)C(O)N1C. The normalized spacial score (nSPS) is 30.9. The second-order valence-electron chi connectivity index (χ2n) is 4.98. The third kappa shape index (κ3) is 3.66. The molecule has 0 bridgehead atoms. The van der Waals surface area contributed by atoms with Crippen LogP contribution >= 0.6 is 0 Å². The molecule has 3 unspecified atom stereocenters. The summed E-state index contributed by atoms with van der Waals surface area (Å²) >= 11 is 0. The third-order valence-corrected chi connectivity index (χ3v) is 3.84. The number of aliphatic hydroxyl groups is 1. The van der Waals surface area contributed by atoms with Crippen molar-refractivity contribution in [3.63, 3.8) is 0 Å². The van der Waals surface area contributed by atoms with Crippen LogP contribution in [0, 0.1) is 0 Å². The van der Waals surface area contributed by atoms with Gasteiger partial charge in [0, 0.05) is 18.5 Å². The fraction of sp³-hybridized carbons (Fsp3) is 0.917. The van der Waals surface area contributed by atoms with Crippen LogP contribution in [0.4, 0.5) is 0 Å². The summed E-state index contributed by atoms with van der Waals surface area (Å²) in [5.74, 6) is -0.716. The van der Waals surface area contributed by atoms with E-state index in [1.807, 2.05) is 23.9 Å². The Labute approximate surface area is 103 Å². The van der Waals surface area contributed by atoms with Gasteiger partial charge in [-0.3, -0.25) is 14.6 Å². The lowest BCUT2D eigenvalue weighted by molar-refractivity contribution is -0.137. The first kappa shape index (κ1) is 14.4. The number of hydrogen-bond donors (Lipinski definition) is 2. The van der Waals surface area contributed by atoms with Crippen molar-refractivity contribution in [2.24, 2.45) is 0 Å². The Kier molecular flexibility index (Phi) is 5.36. The molecule has 3 atom stereocenters. The highest BCUT2D eigenvalue weighted by Crippen LogP contribution is 2.25. The molecule has 0 aromatic carbocycles. The molecule has 0 aliphatic carbocycles. The molecule has 1 heterocycles. The number of carbonyl (C=O) groups is 1. The van der Waals surface area contributed by atoms with Crippen molar-refractivity contribution < 1.29 is 15.0 Å². The molecule has 5 nitrogen and oxygen atoms in total. The summed E-state index contributed by atoms with van der Waals surface area (Å²) in [6, 6.07) is 0.703. The van der Waals surface area contributed by atoms with E-state index in [9.17, 15) is 9.90 Å². The molecule has 0 radical (unpaired) electrons. The van der Waals surface area contributed by atoms with Crippen LogP contribution in [-0.4, -0.2) is 58.5 Å².